The van der Waals surface area contributed by atoms with Gasteiger partial charge in [0.1, 0.15) is 0 Å². The third kappa shape index (κ3) is 3.59. The molecule has 0 radical (unpaired) electrons. The number of ether oxygens (including phenoxy) is 2. The average molecular weight is 396 g/mol. The van der Waals surface area contributed by atoms with Crippen LogP contribution in [0.5, 0.6) is 11.5 Å². The summed E-state index contributed by atoms with van der Waals surface area (Å²) in [7, 11) is 0. The van der Waals surface area contributed by atoms with Gasteiger partial charge in [-0.1, -0.05) is 23.3 Å². The van der Waals surface area contributed by atoms with Crippen LogP contribution < -0.4 is 14.3 Å². The molecule has 0 spiro atoms. The maximum atomic E-state index is 12.5. The van der Waals surface area contributed by atoms with Crippen molar-refractivity contribution >= 4 is 39.2 Å². The van der Waals surface area contributed by atoms with Crippen molar-refractivity contribution in [2.24, 2.45) is 4.99 Å². The molecule has 0 unspecified atom stereocenters. The topological polar surface area (TPSA) is 52.8 Å². The van der Waals surface area contributed by atoms with Gasteiger partial charge in [-0.05, 0) is 42.2 Å². The summed E-state index contributed by atoms with van der Waals surface area (Å²) in [6, 6.07) is 11.7. The van der Waals surface area contributed by atoms with Gasteiger partial charge in [-0.2, -0.15) is 4.99 Å². The summed E-state index contributed by atoms with van der Waals surface area (Å²) in [5.41, 5.74) is 1.83. The van der Waals surface area contributed by atoms with E-state index in [-0.39, 0.29) is 19.1 Å². The molecule has 4 rings (SSSR count). The summed E-state index contributed by atoms with van der Waals surface area (Å²) in [5, 5.41) is 0. The smallest absolute Gasteiger partial charge is 0.252 e. The maximum Gasteiger partial charge on any atom is 0.252 e. The summed E-state index contributed by atoms with van der Waals surface area (Å²) in [4.78, 5) is 18.6. The fourth-order valence-corrected chi connectivity index (χ4v) is 4.48. The number of hydrogen-bond acceptors (Lipinski definition) is 5. The Morgan fingerprint density at radius 1 is 1.30 bits per heavy atom. The minimum atomic E-state index is -0.226. The van der Waals surface area contributed by atoms with Crippen LogP contribution in [0, 0.1) is 12.3 Å². The van der Waals surface area contributed by atoms with Crippen LogP contribution in [0.3, 0.4) is 0 Å². The molecule has 1 aliphatic heterocycles. The standard InChI is InChI=1S/C20H16N2O3S2/c1-3-8-22-15-6-5-14(26-2)11-18(15)27-20(22)21-19(23)10-13-4-7-16-17(9-13)25-12-24-16/h1,4-7,9,11H,8,10,12H2,2H3. The summed E-state index contributed by atoms with van der Waals surface area (Å²) in [5.74, 6) is 3.78. The molecule has 0 aliphatic carbocycles. The van der Waals surface area contributed by atoms with E-state index in [1.54, 1.807) is 11.8 Å². The zero-order valence-electron chi connectivity index (χ0n) is 14.6. The molecular weight excluding hydrogens is 380 g/mol. The molecule has 27 heavy (non-hydrogen) atoms. The molecule has 0 fully saturated rings. The van der Waals surface area contributed by atoms with E-state index in [2.05, 4.69) is 17.0 Å². The highest BCUT2D eigenvalue weighted by Crippen LogP contribution is 2.32. The van der Waals surface area contributed by atoms with Crippen LogP contribution in [0.15, 0.2) is 46.3 Å². The second kappa shape index (κ2) is 7.51. The molecule has 3 aromatic rings. The summed E-state index contributed by atoms with van der Waals surface area (Å²) < 4.78 is 13.6. The van der Waals surface area contributed by atoms with Crippen molar-refractivity contribution in [2.45, 2.75) is 17.9 Å². The number of benzene rings is 2. The highest BCUT2D eigenvalue weighted by atomic mass is 32.2. The van der Waals surface area contributed by atoms with Gasteiger partial charge in [0.25, 0.3) is 5.91 Å². The molecule has 0 saturated carbocycles. The molecule has 0 atom stereocenters. The van der Waals surface area contributed by atoms with Crippen molar-refractivity contribution in [2.75, 3.05) is 13.0 Å². The highest BCUT2D eigenvalue weighted by molar-refractivity contribution is 7.98. The monoisotopic (exact) mass is 396 g/mol. The first-order valence-electron chi connectivity index (χ1n) is 8.25. The van der Waals surface area contributed by atoms with Gasteiger partial charge in [0, 0.05) is 4.90 Å². The number of amides is 1. The number of terminal acetylenes is 1. The number of fused-ring (bicyclic) bond motifs is 2. The van der Waals surface area contributed by atoms with Crippen molar-refractivity contribution in [3.8, 4) is 23.8 Å². The molecule has 2 aromatic carbocycles. The summed E-state index contributed by atoms with van der Waals surface area (Å²) in [6.07, 6.45) is 7.74. The van der Waals surface area contributed by atoms with E-state index in [9.17, 15) is 4.79 Å². The molecule has 0 saturated heterocycles. The fourth-order valence-electron chi connectivity index (χ4n) is 2.88. The molecule has 136 valence electrons. The summed E-state index contributed by atoms with van der Waals surface area (Å²) >= 11 is 3.15. The molecule has 1 amide bonds. The largest absolute Gasteiger partial charge is 0.454 e. The first-order chi connectivity index (χ1) is 13.2. The highest BCUT2D eigenvalue weighted by Gasteiger charge is 2.15. The number of rotatable bonds is 4. The number of thiazole rings is 1. The van der Waals surface area contributed by atoms with Gasteiger partial charge < -0.3 is 14.0 Å². The van der Waals surface area contributed by atoms with Gasteiger partial charge in [0.05, 0.1) is 23.2 Å². The number of thioether (sulfide) groups is 1. The molecule has 0 bridgehead atoms. The molecule has 7 heteroatoms. The van der Waals surface area contributed by atoms with Crippen molar-refractivity contribution in [3.05, 3.63) is 46.8 Å². The lowest BCUT2D eigenvalue weighted by Gasteiger charge is -2.01. The SMILES string of the molecule is C#CCn1c(=NC(=O)Cc2ccc3c(c2)OCO3)sc2cc(SC)ccc21. The number of aromatic nitrogens is 1. The first kappa shape index (κ1) is 17.7. The minimum Gasteiger partial charge on any atom is -0.454 e. The molecule has 5 nitrogen and oxygen atoms in total. The fraction of sp³-hybridized carbons (Fsp3) is 0.200. The predicted molar refractivity (Wildman–Crippen MR) is 107 cm³/mol. The minimum absolute atomic E-state index is 0.191. The Morgan fingerprint density at radius 3 is 2.96 bits per heavy atom. The van der Waals surface area contributed by atoms with Gasteiger partial charge in [-0.3, -0.25) is 4.79 Å². The zero-order chi connectivity index (χ0) is 18.8. The summed E-state index contributed by atoms with van der Waals surface area (Å²) in [6.45, 7) is 0.581. The van der Waals surface area contributed by atoms with E-state index in [0.717, 1.165) is 20.7 Å². The predicted octanol–water partition coefficient (Wildman–Crippen LogP) is 3.46. The average Bonchev–Trinajstić information content (AvgIpc) is 3.26. The lowest BCUT2D eigenvalue weighted by Crippen LogP contribution is -2.17. The Bertz CT molecular complexity index is 1140. The van der Waals surface area contributed by atoms with Crippen LogP contribution in [0.1, 0.15) is 5.56 Å². The van der Waals surface area contributed by atoms with Crippen molar-refractivity contribution < 1.29 is 14.3 Å². The van der Waals surface area contributed by atoms with Crippen molar-refractivity contribution in [3.63, 3.8) is 0 Å². The van der Waals surface area contributed by atoms with Gasteiger partial charge in [-0.25, -0.2) is 0 Å². The lowest BCUT2D eigenvalue weighted by molar-refractivity contribution is -0.117. The first-order valence-corrected chi connectivity index (χ1v) is 10.3. The van der Waals surface area contributed by atoms with Crippen molar-refractivity contribution in [1.82, 2.24) is 4.57 Å². The molecule has 1 aromatic heterocycles. The van der Waals surface area contributed by atoms with Gasteiger partial charge in [0.15, 0.2) is 16.3 Å². The van der Waals surface area contributed by atoms with Crippen LogP contribution in [0.4, 0.5) is 0 Å². The Kier molecular flexibility index (Phi) is 4.92. The van der Waals surface area contributed by atoms with E-state index in [4.69, 9.17) is 15.9 Å². The van der Waals surface area contributed by atoms with E-state index in [0.29, 0.717) is 22.8 Å². The van der Waals surface area contributed by atoms with Crippen LogP contribution in [-0.4, -0.2) is 23.5 Å². The van der Waals surface area contributed by atoms with Gasteiger partial charge in [-0.15, -0.1) is 18.2 Å². The number of nitrogens with zero attached hydrogens (tertiary/aromatic N) is 2. The number of hydrogen-bond donors (Lipinski definition) is 0. The van der Waals surface area contributed by atoms with Crippen LogP contribution >= 0.6 is 23.1 Å². The molecule has 1 aliphatic rings. The second-order valence-electron chi connectivity index (χ2n) is 5.88. The van der Waals surface area contributed by atoms with E-state index in [1.165, 1.54) is 11.3 Å². The lowest BCUT2D eigenvalue weighted by atomic mass is 10.1. The Hall–Kier alpha value is -2.69. The molecule has 0 N–H and O–H groups in total. The third-order valence-corrected chi connectivity index (χ3v) is 5.92. The van der Waals surface area contributed by atoms with E-state index in [1.807, 2.05) is 41.2 Å². The Labute approximate surface area is 164 Å². The number of carbonyl (C=O) groups excluding carboxylic acids is 1. The second-order valence-corrected chi connectivity index (χ2v) is 7.77. The maximum absolute atomic E-state index is 12.5. The van der Waals surface area contributed by atoms with Crippen molar-refractivity contribution in [1.29, 1.82) is 0 Å². The van der Waals surface area contributed by atoms with Crippen LogP contribution in [0.25, 0.3) is 10.2 Å². The normalized spacial score (nSPS) is 13.1. The Morgan fingerprint density at radius 2 is 2.15 bits per heavy atom. The molecule has 2 heterocycles. The van der Waals surface area contributed by atoms with Crippen LogP contribution in [-0.2, 0) is 17.8 Å². The van der Waals surface area contributed by atoms with Crippen LogP contribution in [0.2, 0.25) is 0 Å². The third-order valence-electron chi connectivity index (χ3n) is 4.15. The quantitative estimate of drug-likeness (QED) is 0.501. The number of carbonyl (C=O) groups is 1. The van der Waals surface area contributed by atoms with Gasteiger partial charge in [0.2, 0.25) is 6.79 Å². The Balaban J connectivity index is 1.67. The van der Waals surface area contributed by atoms with E-state index >= 15 is 0 Å². The zero-order valence-corrected chi connectivity index (χ0v) is 16.2. The molecular formula is C20H16N2O3S2. The van der Waals surface area contributed by atoms with E-state index < -0.39 is 0 Å². The van der Waals surface area contributed by atoms with Gasteiger partial charge >= 0.3 is 0 Å².